The minimum atomic E-state index is -0.129. The third kappa shape index (κ3) is 2.61. The molecule has 0 radical (unpaired) electrons. The molecule has 0 atom stereocenters. The summed E-state index contributed by atoms with van der Waals surface area (Å²) in [4.78, 5) is 23.3. The molecule has 0 amide bonds. The zero-order valence-corrected chi connectivity index (χ0v) is 13.6. The summed E-state index contributed by atoms with van der Waals surface area (Å²) in [6.45, 7) is 1.55. The Balaban J connectivity index is 1.73. The summed E-state index contributed by atoms with van der Waals surface area (Å²) in [5.41, 5.74) is 1.71. The Bertz CT molecular complexity index is 916. The van der Waals surface area contributed by atoms with Crippen molar-refractivity contribution in [3.8, 4) is 0 Å². The number of aryl methyl sites for hydroxylation is 1. The maximum atomic E-state index is 12.2. The minimum Gasteiger partial charge on any atom is -0.363 e. The van der Waals surface area contributed by atoms with E-state index in [1.54, 1.807) is 17.9 Å². The summed E-state index contributed by atoms with van der Waals surface area (Å²) in [7, 11) is 1.80. The molecule has 0 spiro atoms. The van der Waals surface area contributed by atoms with E-state index in [4.69, 9.17) is 0 Å². The van der Waals surface area contributed by atoms with Crippen LogP contribution >= 0.6 is 11.8 Å². The molecular weight excluding hydrogens is 310 g/mol. The molecule has 0 unspecified atom stereocenters. The van der Waals surface area contributed by atoms with E-state index in [9.17, 15) is 4.79 Å². The van der Waals surface area contributed by atoms with Gasteiger partial charge in [-0.05, 0) is 24.3 Å². The van der Waals surface area contributed by atoms with E-state index >= 15 is 0 Å². The number of H-pyrrole nitrogens is 1. The molecule has 7 heteroatoms. The van der Waals surface area contributed by atoms with E-state index in [1.807, 2.05) is 11.8 Å². The van der Waals surface area contributed by atoms with E-state index in [-0.39, 0.29) is 5.56 Å². The van der Waals surface area contributed by atoms with Gasteiger partial charge in [-0.3, -0.25) is 9.48 Å². The molecule has 0 bridgehead atoms. The Labute approximate surface area is 137 Å². The number of thioether (sulfide) groups is 1. The highest BCUT2D eigenvalue weighted by atomic mass is 32.2. The number of rotatable bonds is 2. The van der Waals surface area contributed by atoms with Crippen LogP contribution in [0.5, 0.6) is 0 Å². The fourth-order valence-electron chi connectivity index (χ4n) is 2.90. The predicted molar refractivity (Wildman–Crippen MR) is 92.0 cm³/mol. The lowest BCUT2D eigenvalue weighted by Gasteiger charge is -2.23. The van der Waals surface area contributed by atoms with Crippen molar-refractivity contribution in [1.82, 2.24) is 19.7 Å². The SMILES string of the molecule is Cn1ncc2c(=O)[nH]c(CN3CCCSc4ccccc43)nc21. The van der Waals surface area contributed by atoms with Gasteiger partial charge in [-0.25, -0.2) is 4.98 Å². The number of anilines is 1. The smallest absolute Gasteiger partial charge is 0.262 e. The second-order valence-corrected chi connectivity index (χ2v) is 6.75. The minimum absolute atomic E-state index is 0.129. The highest BCUT2D eigenvalue weighted by Gasteiger charge is 2.17. The lowest BCUT2D eigenvalue weighted by Crippen LogP contribution is -2.26. The van der Waals surface area contributed by atoms with Crippen molar-refractivity contribution < 1.29 is 0 Å². The highest BCUT2D eigenvalue weighted by molar-refractivity contribution is 7.99. The second-order valence-electron chi connectivity index (χ2n) is 5.61. The number of aromatic amines is 1. The first kappa shape index (κ1) is 14.3. The van der Waals surface area contributed by atoms with Crippen LogP contribution in [0.4, 0.5) is 5.69 Å². The molecule has 4 rings (SSSR count). The topological polar surface area (TPSA) is 66.8 Å². The summed E-state index contributed by atoms with van der Waals surface area (Å²) in [5.74, 6) is 1.78. The van der Waals surface area contributed by atoms with Crippen LogP contribution in [0, 0.1) is 0 Å². The fourth-order valence-corrected chi connectivity index (χ4v) is 3.91. The van der Waals surface area contributed by atoms with Gasteiger partial charge < -0.3 is 9.88 Å². The molecule has 118 valence electrons. The summed E-state index contributed by atoms with van der Waals surface area (Å²) in [6, 6.07) is 8.41. The molecule has 0 aliphatic carbocycles. The third-order valence-electron chi connectivity index (χ3n) is 4.03. The second kappa shape index (κ2) is 5.73. The Morgan fingerprint density at radius 2 is 2.22 bits per heavy atom. The molecule has 1 N–H and O–H groups in total. The first-order chi connectivity index (χ1) is 11.2. The number of benzene rings is 1. The maximum Gasteiger partial charge on any atom is 0.262 e. The average molecular weight is 327 g/mol. The number of nitrogens with one attached hydrogen (secondary N) is 1. The number of fused-ring (bicyclic) bond motifs is 2. The summed E-state index contributed by atoms with van der Waals surface area (Å²) < 4.78 is 1.64. The van der Waals surface area contributed by atoms with Gasteiger partial charge in [0.15, 0.2) is 5.65 Å². The number of hydrogen-bond donors (Lipinski definition) is 1. The fraction of sp³-hybridized carbons (Fsp3) is 0.312. The molecule has 23 heavy (non-hydrogen) atoms. The summed E-state index contributed by atoms with van der Waals surface area (Å²) in [6.07, 6.45) is 2.67. The maximum absolute atomic E-state index is 12.2. The van der Waals surface area contributed by atoms with Crippen molar-refractivity contribution in [3.63, 3.8) is 0 Å². The first-order valence-electron chi connectivity index (χ1n) is 7.60. The standard InChI is InChI=1S/C16H17N5OS/c1-20-15-11(9-17-20)16(22)19-14(18-15)10-21-7-4-8-23-13-6-3-2-5-12(13)21/h2-3,5-6,9H,4,7-8,10H2,1H3,(H,18,19,22). The van der Waals surface area contributed by atoms with Crippen LogP contribution in [0.2, 0.25) is 0 Å². The van der Waals surface area contributed by atoms with Gasteiger partial charge in [0.1, 0.15) is 11.2 Å². The van der Waals surface area contributed by atoms with Crippen LogP contribution in [0.3, 0.4) is 0 Å². The lowest BCUT2D eigenvalue weighted by molar-refractivity contribution is 0.730. The van der Waals surface area contributed by atoms with Crippen molar-refractivity contribution in [1.29, 1.82) is 0 Å². The van der Waals surface area contributed by atoms with Crippen molar-refractivity contribution in [2.45, 2.75) is 17.9 Å². The summed E-state index contributed by atoms with van der Waals surface area (Å²) >= 11 is 1.89. The molecule has 3 aromatic rings. The highest BCUT2D eigenvalue weighted by Crippen LogP contribution is 2.33. The van der Waals surface area contributed by atoms with E-state index in [1.165, 1.54) is 10.6 Å². The zero-order valence-electron chi connectivity index (χ0n) is 12.8. The van der Waals surface area contributed by atoms with Gasteiger partial charge in [0.25, 0.3) is 5.56 Å². The average Bonchev–Trinajstić information content (AvgIpc) is 2.81. The molecule has 6 nitrogen and oxygen atoms in total. The quantitative estimate of drug-likeness (QED) is 0.781. The molecule has 2 aromatic heterocycles. The van der Waals surface area contributed by atoms with Crippen molar-refractivity contribution in [2.75, 3.05) is 17.2 Å². The van der Waals surface area contributed by atoms with Gasteiger partial charge >= 0.3 is 0 Å². The monoisotopic (exact) mass is 327 g/mol. The third-order valence-corrected chi connectivity index (χ3v) is 5.18. The van der Waals surface area contributed by atoms with Gasteiger partial charge in [-0.2, -0.15) is 5.10 Å². The molecule has 0 saturated heterocycles. The van der Waals surface area contributed by atoms with E-state index in [0.29, 0.717) is 23.4 Å². The molecule has 0 saturated carbocycles. The zero-order chi connectivity index (χ0) is 15.8. The van der Waals surface area contributed by atoms with Crippen molar-refractivity contribution in [2.24, 2.45) is 7.05 Å². The molecule has 1 aromatic carbocycles. The Kier molecular flexibility index (Phi) is 3.57. The van der Waals surface area contributed by atoms with Gasteiger partial charge in [-0.15, -0.1) is 11.8 Å². The van der Waals surface area contributed by atoms with Gasteiger partial charge in [0, 0.05) is 18.5 Å². The van der Waals surface area contributed by atoms with Crippen LogP contribution in [-0.2, 0) is 13.6 Å². The largest absolute Gasteiger partial charge is 0.363 e. The summed E-state index contributed by atoms with van der Waals surface area (Å²) in [5, 5.41) is 4.64. The van der Waals surface area contributed by atoms with E-state index in [0.717, 1.165) is 18.7 Å². The molecule has 1 aliphatic heterocycles. The van der Waals surface area contributed by atoms with Gasteiger partial charge in [0.2, 0.25) is 0 Å². The Hall–Kier alpha value is -2.28. The van der Waals surface area contributed by atoms with Crippen molar-refractivity contribution in [3.05, 3.63) is 46.6 Å². The van der Waals surface area contributed by atoms with Crippen molar-refractivity contribution >= 4 is 28.5 Å². The number of aromatic nitrogens is 4. The first-order valence-corrected chi connectivity index (χ1v) is 8.58. The van der Waals surface area contributed by atoms with E-state index < -0.39 is 0 Å². The van der Waals surface area contributed by atoms with E-state index in [2.05, 4.69) is 44.2 Å². The molecule has 0 fully saturated rings. The molecule has 3 heterocycles. The lowest BCUT2D eigenvalue weighted by atomic mass is 10.2. The van der Waals surface area contributed by atoms with Crippen LogP contribution in [0.1, 0.15) is 12.2 Å². The predicted octanol–water partition coefficient (Wildman–Crippen LogP) is 2.16. The molecular formula is C16H17N5OS. The van der Waals surface area contributed by atoms with Crippen LogP contribution in [-0.4, -0.2) is 32.0 Å². The number of para-hydroxylation sites is 1. The Morgan fingerprint density at radius 3 is 3.13 bits per heavy atom. The van der Waals surface area contributed by atoms with Crippen LogP contribution in [0.15, 0.2) is 40.2 Å². The van der Waals surface area contributed by atoms with Gasteiger partial charge in [0.05, 0.1) is 18.4 Å². The Morgan fingerprint density at radius 1 is 1.35 bits per heavy atom. The normalized spacial score (nSPS) is 14.7. The van der Waals surface area contributed by atoms with Gasteiger partial charge in [-0.1, -0.05) is 12.1 Å². The molecule has 1 aliphatic rings. The number of nitrogens with zero attached hydrogens (tertiary/aromatic N) is 4. The van der Waals surface area contributed by atoms with Crippen LogP contribution < -0.4 is 10.5 Å². The van der Waals surface area contributed by atoms with Crippen LogP contribution in [0.25, 0.3) is 11.0 Å². The number of hydrogen-bond acceptors (Lipinski definition) is 5.